The minimum absolute atomic E-state index is 0.186. The van der Waals surface area contributed by atoms with Gasteiger partial charge in [0, 0.05) is 25.4 Å². The van der Waals surface area contributed by atoms with E-state index in [-0.39, 0.29) is 17.6 Å². The molecule has 8 heteroatoms. The number of amides is 1. The predicted octanol–water partition coefficient (Wildman–Crippen LogP) is 2.55. The Balaban J connectivity index is 1.65. The molecule has 128 valence electrons. The second-order valence-electron chi connectivity index (χ2n) is 6.06. The monoisotopic (exact) mass is 356 g/mol. The molecule has 0 aliphatic carbocycles. The van der Waals surface area contributed by atoms with E-state index in [1.54, 1.807) is 22.8 Å². The fourth-order valence-electron chi connectivity index (χ4n) is 3.09. The SMILES string of the molecule is C[C@H]1c2nc(-c3ccccc3)nn2CCN1C(=O)c1nn(C)cc1Cl. The Kier molecular flexibility index (Phi) is 3.80. The van der Waals surface area contributed by atoms with E-state index in [9.17, 15) is 4.79 Å². The number of benzene rings is 1. The van der Waals surface area contributed by atoms with Gasteiger partial charge in [-0.2, -0.15) is 10.2 Å². The van der Waals surface area contributed by atoms with E-state index in [0.717, 1.165) is 11.4 Å². The maximum atomic E-state index is 12.8. The van der Waals surface area contributed by atoms with Gasteiger partial charge in [-0.15, -0.1) is 0 Å². The number of carbonyl (C=O) groups excluding carboxylic acids is 1. The number of nitrogens with zero attached hydrogens (tertiary/aromatic N) is 6. The third-order valence-electron chi connectivity index (χ3n) is 4.37. The van der Waals surface area contributed by atoms with E-state index in [0.29, 0.717) is 23.9 Å². The Morgan fingerprint density at radius 1 is 1.20 bits per heavy atom. The minimum atomic E-state index is -0.204. The zero-order valence-electron chi connectivity index (χ0n) is 13.9. The van der Waals surface area contributed by atoms with Crippen molar-refractivity contribution in [2.75, 3.05) is 6.54 Å². The smallest absolute Gasteiger partial charge is 0.276 e. The molecule has 0 fully saturated rings. The van der Waals surface area contributed by atoms with E-state index in [1.807, 2.05) is 41.9 Å². The van der Waals surface area contributed by atoms with Crippen molar-refractivity contribution >= 4 is 17.5 Å². The van der Waals surface area contributed by atoms with Crippen LogP contribution in [-0.4, -0.2) is 41.9 Å². The highest BCUT2D eigenvalue weighted by Gasteiger charge is 2.33. The van der Waals surface area contributed by atoms with Gasteiger partial charge in [0.1, 0.15) is 5.82 Å². The van der Waals surface area contributed by atoms with Gasteiger partial charge < -0.3 is 4.90 Å². The summed E-state index contributed by atoms with van der Waals surface area (Å²) in [5, 5.41) is 9.12. The van der Waals surface area contributed by atoms with Crippen molar-refractivity contribution in [1.82, 2.24) is 29.4 Å². The van der Waals surface area contributed by atoms with E-state index < -0.39 is 0 Å². The van der Waals surface area contributed by atoms with E-state index in [4.69, 9.17) is 11.6 Å². The van der Waals surface area contributed by atoms with Crippen LogP contribution in [0.15, 0.2) is 36.5 Å². The topological polar surface area (TPSA) is 68.8 Å². The Morgan fingerprint density at radius 3 is 2.64 bits per heavy atom. The third-order valence-corrected chi connectivity index (χ3v) is 4.65. The Labute approximate surface area is 149 Å². The number of carbonyl (C=O) groups is 1. The molecule has 0 saturated carbocycles. The highest BCUT2D eigenvalue weighted by molar-refractivity contribution is 6.33. The first kappa shape index (κ1) is 15.8. The molecule has 0 bridgehead atoms. The molecule has 3 aromatic rings. The summed E-state index contributed by atoms with van der Waals surface area (Å²) >= 11 is 6.13. The summed E-state index contributed by atoms with van der Waals surface area (Å²) in [6.45, 7) is 3.08. The van der Waals surface area contributed by atoms with Crippen LogP contribution in [0.4, 0.5) is 0 Å². The van der Waals surface area contributed by atoms with Gasteiger partial charge in [-0.1, -0.05) is 41.9 Å². The number of halogens is 1. The summed E-state index contributed by atoms with van der Waals surface area (Å²) in [5.41, 5.74) is 1.23. The highest BCUT2D eigenvalue weighted by atomic mass is 35.5. The Bertz CT molecular complexity index is 932. The van der Waals surface area contributed by atoms with Crippen LogP contribution in [-0.2, 0) is 13.6 Å². The molecule has 0 spiro atoms. The van der Waals surface area contributed by atoms with Gasteiger partial charge in [0.2, 0.25) is 0 Å². The number of fused-ring (bicyclic) bond motifs is 1. The molecule has 0 unspecified atom stereocenters. The van der Waals surface area contributed by atoms with Crippen LogP contribution in [0.2, 0.25) is 5.02 Å². The Morgan fingerprint density at radius 2 is 1.96 bits per heavy atom. The molecule has 2 aromatic heterocycles. The van der Waals surface area contributed by atoms with Gasteiger partial charge in [-0.25, -0.2) is 9.67 Å². The lowest BCUT2D eigenvalue weighted by Crippen LogP contribution is -2.41. The van der Waals surface area contributed by atoms with Crippen LogP contribution >= 0.6 is 11.6 Å². The summed E-state index contributed by atoms with van der Waals surface area (Å²) in [5.74, 6) is 1.26. The first-order chi connectivity index (χ1) is 12.0. The molecular weight excluding hydrogens is 340 g/mol. The number of aryl methyl sites for hydroxylation is 1. The molecule has 0 N–H and O–H groups in total. The second-order valence-corrected chi connectivity index (χ2v) is 6.46. The van der Waals surface area contributed by atoms with Crippen molar-refractivity contribution in [3.63, 3.8) is 0 Å². The van der Waals surface area contributed by atoms with Crippen LogP contribution in [0.25, 0.3) is 11.4 Å². The maximum absolute atomic E-state index is 12.8. The number of aromatic nitrogens is 5. The molecule has 25 heavy (non-hydrogen) atoms. The average molecular weight is 357 g/mol. The normalized spacial score (nSPS) is 16.8. The van der Waals surface area contributed by atoms with Crippen LogP contribution in [0.5, 0.6) is 0 Å². The van der Waals surface area contributed by atoms with Crippen LogP contribution in [0, 0.1) is 0 Å². The van der Waals surface area contributed by atoms with Gasteiger partial charge in [-0.3, -0.25) is 9.48 Å². The van der Waals surface area contributed by atoms with Gasteiger partial charge in [0.15, 0.2) is 11.5 Å². The number of hydrogen-bond acceptors (Lipinski definition) is 4. The van der Waals surface area contributed by atoms with E-state index in [2.05, 4.69) is 15.2 Å². The van der Waals surface area contributed by atoms with Crippen molar-refractivity contribution in [3.05, 3.63) is 53.1 Å². The lowest BCUT2D eigenvalue weighted by molar-refractivity contribution is 0.0624. The molecule has 1 amide bonds. The summed E-state index contributed by atoms with van der Waals surface area (Å²) in [6, 6.07) is 9.61. The van der Waals surface area contributed by atoms with Gasteiger partial charge in [-0.05, 0) is 6.92 Å². The quantitative estimate of drug-likeness (QED) is 0.707. The van der Waals surface area contributed by atoms with Crippen LogP contribution < -0.4 is 0 Å². The van der Waals surface area contributed by atoms with Crippen molar-refractivity contribution in [1.29, 1.82) is 0 Å². The fraction of sp³-hybridized carbons (Fsp3) is 0.294. The summed E-state index contributed by atoms with van der Waals surface area (Å²) in [7, 11) is 1.74. The molecule has 3 heterocycles. The number of rotatable bonds is 2. The predicted molar refractivity (Wildman–Crippen MR) is 93.1 cm³/mol. The zero-order chi connectivity index (χ0) is 17.6. The Hall–Kier alpha value is -2.67. The highest BCUT2D eigenvalue weighted by Crippen LogP contribution is 2.28. The average Bonchev–Trinajstić information content (AvgIpc) is 3.19. The van der Waals surface area contributed by atoms with Gasteiger partial charge in [0.05, 0.1) is 17.6 Å². The van der Waals surface area contributed by atoms with Gasteiger partial charge >= 0.3 is 0 Å². The first-order valence-corrected chi connectivity index (χ1v) is 8.42. The molecule has 4 rings (SSSR count). The summed E-state index contributed by atoms with van der Waals surface area (Å²) < 4.78 is 3.41. The summed E-state index contributed by atoms with van der Waals surface area (Å²) in [4.78, 5) is 19.2. The second kappa shape index (κ2) is 6.00. The van der Waals surface area contributed by atoms with Gasteiger partial charge in [0.25, 0.3) is 5.91 Å². The standard InChI is InChI=1S/C17H17ClN6O/c1-11-16-19-15(12-6-4-3-5-7-12)21-24(16)9-8-23(11)17(25)14-13(18)10-22(2)20-14/h3-7,10-11H,8-9H2,1-2H3/t11-/m0/s1. The minimum Gasteiger partial charge on any atom is -0.325 e. The van der Waals surface area contributed by atoms with E-state index in [1.165, 1.54) is 0 Å². The van der Waals surface area contributed by atoms with Crippen molar-refractivity contribution in [2.24, 2.45) is 7.05 Å². The molecule has 7 nitrogen and oxygen atoms in total. The lowest BCUT2D eigenvalue weighted by Gasteiger charge is -2.32. The van der Waals surface area contributed by atoms with Crippen LogP contribution in [0.1, 0.15) is 29.3 Å². The molecule has 1 aromatic carbocycles. The zero-order valence-corrected chi connectivity index (χ0v) is 14.7. The molecule has 0 saturated heterocycles. The maximum Gasteiger partial charge on any atom is 0.276 e. The fourth-order valence-corrected chi connectivity index (χ4v) is 3.35. The molecular formula is C17H17ClN6O. The van der Waals surface area contributed by atoms with Crippen LogP contribution in [0.3, 0.4) is 0 Å². The first-order valence-electron chi connectivity index (χ1n) is 8.05. The molecule has 0 radical (unpaired) electrons. The van der Waals surface area contributed by atoms with Crippen molar-refractivity contribution in [3.8, 4) is 11.4 Å². The van der Waals surface area contributed by atoms with E-state index >= 15 is 0 Å². The largest absolute Gasteiger partial charge is 0.325 e. The number of hydrogen-bond donors (Lipinski definition) is 0. The van der Waals surface area contributed by atoms with Crippen molar-refractivity contribution < 1.29 is 4.79 Å². The lowest BCUT2D eigenvalue weighted by atomic mass is 10.2. The molecule has 1 aliphatic heterocycles. The van der Waals surface area contributed by atoms with Crippen molar-refractivity contribution in [2.45, 2.75) is 19.5 Å². The third kappa shape index (κ3) is 2.70. The molecule has 1 aliphatic rings. The molecule has 1 atom stereocenters. The summed E-state index contributed by atoms with van der Waals surface area (Å²) in [6.07, 6.45) is 1.62.